The molecule has 1 heterocycles. The van der Waals surface area contributed by atoms with Crippen LogP contribution >= 0.6 is 15.9 Å². The molecule has 0 aliphatic heterocycles. The Hall–Kier alpha value is -0.410. The Morgan fingerprint density at radius 3 is 3.00 bits per heavy atom. The Balaban J connectivity index is 1.79. The highest BCUT2D eigenvalue weighted by Gasteiger charge is 2.20. The molecule has 1 aromatic rings. The summed E-state index contributed by atoms with van der Waals surface area (Å²) in [5.41, 5.74) is 0.995. The minimum atomic E-state index is 0.635. The third-order valence-corrected chi connectivity index (χ3v) is 2.51. The van der Waals surface area contributed by atoms with Gasteiger partial charge in [-0.2, -0.15) is 0 Å². The molecule has 1 fully saturated rings. The second kappa shape index (κ2) is 4.20. The van der Waals surface area contributed by atoms with E-state index in [9.17, 15) is 0 Å². The number of pyridine rings is 1. The minimum absolute atomic E-state index is 0.635. The summed E-state index contributed by atoms with van der Waals surface area (Å²) < 4.78 is 6.39. The van der Waals surface area contributed by atoms with Crippen LogP contribution < -0.4 is 0 Å². The van der Waals surface area contributed by atoms with Crippen molar-refractivity contribution in [3.63, 3.8) is 0 Å². The van der Waals surface area contributed by atoms with Gasteiger partial charge in [-0.25, -0.2) is 4.98 Å². The molecule has 1 aliphatic rings. The lowest BCUT2D eigenvalue weighted by Crippen LogP contribution is -1.98. The van der Waals surface area contributed by atoms with Crippen molar-refractivity contribution in [3.05, 3.63) is 28.5 Å². The normalized spacial score (nSPS) is 16.1. The first-order chi connectivity index (χ1) is 6.34. The van der Waals surface area contributed by atoms with Crippen LogP contribution in [0, 0.1) is 5.92 Å². The smallest absolute Gasteiger partial charge is 0.106 e. The van der Waals surface area contributed by atoms with Gasteiger partial charge in [-0.1, -0.05) is 6.07 Å². The zero-order valence-electron chi connectivity index (χ0n) is 7.37. The molecule has 0 radical (unpaired) electrons. The van der Waals surface area contributed by atoms with E-state index in [0.29, 0.717) is 6.61 Å². The van der Waals surface area contributed by atoms with Crippen molar-refractivity contribution in [2.75, 3.05) is 6.61 Å². The van der Waals surface area contributed by atoms with Crippen LogP contribution in [-0.4, -0.2) is 11.6 Å². The molecule has 0 atom stereocenters. The fraction of sp³-hybridized carbons (Fsp3) is 0.500. The van der Waals surface area contributed by atoms with Crippen molar-refractivity contribution in [2.45, 2.75) is 19.4 Å². The third-order valence-electron chi connectivity index (χ3n) is 2.07. The first kappa shape index (κ1) is 9.16. The monoisotopic (exact) mass is 241 g/mol. The molecule has 2 rings (SSSR count). The van der Waals surface area contributed by atoms with Gasteiger partial charge >= 0.3 is 0 Å². The SMILES string of the molecule is Brc1cccc(COCC2CC2)n1. The molecule has 0 unspecified atom stereocenters. The first-order valence-electron chi connectivity index (χ1n) is 4.54. The summed E-state index contributed by atoms with van der Waals surface area (Å²) in [7, 11) is 0. The van der Waals surface area contributed by atoms with E-state index >= 15 is 0 Å². The van der Waals surface area contributed by atoms with Crippen molar-refractivity contribution in [1.29, 1.82) is 0 Å². The summed E-state index contributed by atoms with van der Waals surface area (Å²) in [6, 6.07) is 5.88. The number of ether oxygens (including phenoxy) is 1. The van der Waals surface area contributed by atoms with Crippen LogP contribution in [0.5, 0.6) is 0 Å². The van der Waals surface area contributed by atoms with E-state index in [-0.39, 0.29) is 0 Å². The van der Waals surface area contributed by atoms with Crippen molar-refractivity contribution in [3.8, 4) is 0 Å². The van der Waals surface area contributed by atoms with Gasteiger partial charge in [0.1, 0.15) is 4.60 Å². The van der Waals surface area contributed by atoms with E-state index in [0.717, 1.165) is 22.8 Å². The highest BCUT2D eigenvalue weighted by molar-refractivity contribution is 9.10. The van der Waals surface area contributed by atoms with Crippen LogP contribution in [-0.2, 0) is 11.3 Å². The first-order valence-corrected chi connectivity index (χ1v) is 5.33. The molecule has 0 aromatic carbocycles. The second-order valence-corrected chi connectivity index (χ2v) is 4.22. The fourth-order valence-electron chi connectivity index (χ4n) is 1.15. The number of aromatic nitrogens is 1. The van der Waals surface area contributed by atoms with Gasteiger partial charge in [0.2, 0.25) is 0 Å². The number of hydrogen-bond donors (Lipinski definition) is 0. The molecule has 13 heavy (non-hydrogen) atoms. The average molecular weight is 242 g/mol. The molecular weight excluding hydrogens is 230 g/mol. The molecule has 2 nitrogen and oxygen atoms in total. The van der Waals surface area contributed by atoms with E-state index < -0.39 is 0 Å². The molecule has 1 saturated carbocycles. The van der Waals surface area contributed by atoms with E-state index in [4.69, 9.17) is 4.74 Å². The zero-order chi connectivity index (χ0) is 9.10. The lowest BCUT2D eigenvalue weighted by molar-refractivity contribution is 0.108. The molecule has 0 N–H and O–H groups in total. The maximum absolute atomic E-state index is 5.52. The molecule has 1 aliphatic carbocycles. The van der Waals surface area contributed by atoms with Crippen LogP contribution in [0.3, 0.4) is 0 Å². The predicted octanol–water partition coefficient (Wildman–Crippen LogP) is 2.77. The van der Waals surface area contributed by atoms with E-state index in [1.807, 2.05) is 18.2 Å². The average Bonchev–Trinajstić information content (AvgIpc) is 2.88. The number of nitrogens with zero attached hydrogens (tertiary/aromatic N) is 1. The largest absolute Gasteiger partial charge is 0.375 e. The predicted molar refractivity (Wildman–Crippen MR) is 54.3 cm³/mol. The van der Waals surface area contributed by atoms with Gasteiger partial charge in [0.05, 0.1) is 12.3 Å². The molecule has 0 amide bonds. The van der Waals surface area contributed by atoms with Crippen LogP contribution in [0.1, 0.15) is 18.5 Å². The van der Waals surface area contributed by atoms with E-state index in [1.54, 1.807) is 0 Å². The summed E-state index contributed by atoms with van der Waals surface area (Å²) in [6.07, 6.45) is 2.68. The molecule has 0 bridgehead atoms. The summed E-state index contributed by atoms with van der Waals surface area (Å²) in [5.74, 6) is 0.826. The maximum atomic E-state index is 5.52. The van der Waals surface area contributed by atoms with Crippen molar-refractivity contribution in [1.82, 2.24) is 4.98 Å². The third kappa shape index (κ3) is 3.08. The summed E-state index contributed by atoms with van der Waals surface area (Å²) in [5, 5.41) is 0. The molecule has 70 valence electrons. The topological polar surface area (TPSA) is 22.1 Å². The van der Waals surface area contributed by atoms with Gasteiger partial charge in [-0.05, 0) is 46.8 Å². The Kier molecular flexibility index (Phi) is 2.96. The zero-order valence-corrected chi connectivity index (χ0v) is 8.96. The fourth-order valence-corrected chi connectivity index (χ4v) is 1.53. The van der Waals surface area contributed by atoms with Gasteiger partial charge in [0.15, 0.2) is 0 Å². The van der Waals surface area contributed by atoms with Gasteiger partial charge in [0, 0.05) is 6.61 Å². The molecule has 1 aromatic heterocycles. The highest BCUT2D eigenvalue weighted by atomic mass is 79.9. The highest BCUT2D eigenvalue weighted by Crippen LogP contribution is 2.28. The Morgan fingerprint density at radius 1 is 1.46 bits per heavy atom. The Morgan fingerprint density at radius 2 is 2.31 bits per heavy atom. The number of rotatable bonds is 4. The molecule has 3 heteroatoms. The van der Waals surface area contributed by atoms with Crippen LogP contribution in [0.4, 0.5) is 0 Å². The molecule has 0 spiro atoms. The lowest BCUT2D eigenvalue weighted by Gasteiger charge is -2.02. The summed E-state index contributed by atoms with van der Waals surface area (Å²) >= 11 is 3.33. The number of hydrogen-bond acceptors (Lipinski definition) is 2. The van der Waals surface area contributed by atoms with Gasteiger partial charge < -0.3 is 4.74 Å². The van der Waals surface area contributed by atoms with E-state index in [1.165, 1.54) is 12.8 Å². The van der Waals surface area contributed by atoms with Gasteiger partial charge in [-0.3, -0.25) is 0 Å². The number of halogens is 1. The van der Waals surface area contributed by atoms with Gasteiger partial charge in [0.25, 0.3) is 0 Å². The maximum Gasteiger partial charge on any atom is 0.106 e. The summed E-state index contributed by atoms with van der Waals surface area (Å²) in [6.45, 7) is 1.53. The van der Waals surface area contributed by atoms with E-state index in [2.05, 4.69) is 20.9 Å². The van der Waals surface area contributed by atoms with Crippen LogP contribution in [0.15, 0.2) is 22.8 Å². The Bertz CT molecular complexity index is 286. The van der Waals surface area contributed by atoms with Crippen molar-refractivity contribution >= 4 is 15.9 Å². The standard InChI is InChI=1S/C10H12BrNO/c11-10-3-1-2-9(12-10)7-13-6-8-4-5-8/h1-3,8H,4-7H2. The molecular formula is C10H12BrNO. The van der Waals surface area contributed by atoms with Crippen LogP contribution in [0.2, 0.25) is 0 Å². The van der Waals surface area contributed by atoms with Gasteiger partial charge in [-0.15, -0.1) is 0 Å². The summed E-state index contributed by atoms with van der Waals surface area (Å²) in [4.78, 5) is 4.28. The van der Waals surface area contributed by atoms with Crippen molar-refractivity contribution in [2.24, 2.45) is 5.92 Å². The minimum Gasteiger partial charge on any atom is -0.375 e. The lowest BCUT2D eigenvalue weighted by atomic mass is 10.4. The van der Waals surface area contributed by atoms with Crippen molar-refractivity contribution < 1.29 is 4.74 Å². The van der Waals surface area contributed by atoms with Crippen LogP contribution in [0.25, 0.3) is 0 Å². The Labute approximate surface area is 86.5 Å². The second-order valence-electron chi connectivity index (χ2n) is 3.41. The molecule has 0 saturated heterocycles. The quantitative estimate of drug-likeness (QED) is 0.757.